The summed E-state index contributed by atoms with van der Waals surface area (Å²) < 4.78 is 14.5. The lowest BCUT2D eigenvalue weighted by molar-refractivity contribution is -0.137. The third-order valence-electron chi connectivity index (χ3n) is 8.56. The van der Waals surface area contributed by atoms with Gasteiger partial charge in [-0.3, -0.25) is 14.4 Å². The minimum atomic E-state index is -1.02. The first-order valence-electron chi connectivity index (χ1n) is 15.6. The van der Waals surface area contributed by atoms with E-state index >= 15 is 0 Å². The van der Waals surface area contributed by atoms with Crippen LogP contribution in [-0.2, 0) is 14.4 Å². The largest absolute Gasteiger partial charge is 0.344 e. The Labute approximate surface area is 246 Å². The molecular weight excluding hydrogens is 533 g/mol. The summed E-state index contributed by atoms with van der Waals surface area (Å²) in [5.74, 6) is -0.754. The lowest BCUT2D eigenvalue weighted by Crippen LogP contribution is -2.50. The van der Waals surface area contributed by atoms with Crippen molar-refractivity contribution in [1.82, 2.24) is 25.5 Å². The average Bonchev–Trinajstić information content (AvgIpc) is 3.66. The molecule has 3 atom stereocenters. The van der Waals surface area contributed by atoms with E-state index in [1.807, 2.05) is 35.2 Å². The number of carbonyl (C=O) groups is 3. The number of benzene rings is 2. The molecule has 2 saturated heterocycles. The molecule has 5 rings (SSSR count). The van der Waals surface area contributed by atoms with Crippen molar-refractivity contribution in [3.8, 4) is 0 Å². The van der Waals surface area contributed by atoms with E-state index in [9.17, 15) is 18.8 Å². The smallest absolute Gasteiger partial charge is 0.243 e. The monoisotopic (exact) mass is 575 g/mol. The van der Waals surface area contributed by atoms with Gasteiger partial charge < -0.3 is 20.5 Å². The molecule has 2 aliphatic heterocycles. The summed E-state index contributed by atoms with van der Waals surface area (Å²) in [6.07, 6.45) is 10.6. The lowest BCUT2D eigenvalue weighted by atomic mass is 10.0. The molecule has 0 radical (unpaired) electrons. The minimum Gasteiger partial charge on any atom is -0.344 e. The Morgan fingerprint density at radius 3 is 2.36 bits per heavy atom. The minimum absolute atomic E-state index is 0.0400. The van der Waals surface area contributed by atoms with E-state index in [0.29, 0.717) is 30.7 Å². The highest BCUT2D eigenvalue weighted by molar-refractivity contribution is 5.92. The maximum Gasteiger partial charge on any atom is 0.243 e. The van der Waals surface area contributed by atoms with Crippen molar-refractivity contribution in [2.24, 2.45) is 0 Å². The number of nitrogens with zero attached hydrogens (tertiary/aromatic N) is 2. The summed E-state index contributed by atoms with van der Waals surface area (Å²) in [5.41, 5.74) is 1.87. The number of imidazole rings is 1. The van der Waals surface area contributed by atoms with Crippen LogP contribution in [0.2, 0.25) is 0 Å². The molecule has 0 saturated carbocycles. The number of nitrogens with one attached hydrogen (secondary N) is 3. The molecule has 3 N–H and O–H groups in total. The summed E-state index contributed by atoms with van der Waals surface area (Å²) in [5, 5.41) is 5.94. The second-order valence-corrected chi connectivity index (χ2v) is 11.7. The maximum atomic E-state index is 14.5. The van der Waals surface area contributed by atoms with Crippen molar-refractivity contribution in [1.29, 1.82) is 0 Å². The van der Waals surface area contributed by atoms with Crippen LogP contribution in [0.25, 0.3) is 11.0 Å². The van der Waals surface area contributed by atoms with E-state index in [1.165, 1.54) is 6.07 Å². The summed E-state index contributed by atoms with van der Waals surface area (Å²) in [4.78, 5) is 49.9. The Hall–Kier alpha value is -3.75. The van der Waals surface area contributed by atoms with Gasteiger partial charge in [-0.25, -0.2) is 9.37 Å². The molecular formula is C33H42FN5O3. The van der Waals surface area contributed by atoms with Gasteiger partial charge >= 0.3 is 0 Å². The summed E-state index contributed by atoms with van der Waals surface area (Å²) in [7, 11) is 0. The summed E-state index contributed by atoms with van der Waals surface area (Å²) in [6, 6.07) is 13.1. The predicted molar refractivity (Wildman–Crippen MR) is 160 cm³/mol. The first kappa shape index (κ1) is 29.7. The van der Waals surface area contributed by atoms with Gasteiger partial charge in [-0.1, -0.05) is 81.3 Å². The van der Waals surface area contributed by atoms with Crippen LogP contribution in [0.4, 0.5) is 4.39 Å². The first-order valence-corrected chi connectivity index (χ1v) is 15.6. The van der Waals surface area contributed by atoms with Crippen LogP contribution in [0.1, 0.15) is 107 Å². The average molecular weight is 576 g/mol. The molecule has 0 spiro atoms. The quantitative estimate of drug-likeness (QED) is 0.354. The molecule has 3 heterocycles. The van der Waals surface area contributed by atoms with Gasteiger partial charge in [-0.2, -0.15) is 0 Å². The lowest BCUT2D eigenvalue weighted by Gasteiger charge is -2.28. The number of rotatable bonds is 4. The number of aromatic nitrogens is 2. The van der Waals surface area contributed by atoms with Crippen molar-refractivity contribution in [3.05, 3.63) is 65.7 Å². The van der Waals surface area contributed by atoms with E-state index < -0.39 is 23.8 Å². The van der Waals surface area contributed by atoms with Crippen LogP contribution in [0.3, 0.4) is 0 Å². The number of H-pyrrole nitrogens is 1. The molecule has 0 aliphatic carbocycles. The summed E-state index contributed by atoms with van der Waals surface area (Å²) >= 11 is 0. The Kier molecular flexibility index (Phi) is 10.2. The number of aromatic amines is 1. The third kappa shape index (κ3) is 7.55. The number of likely N-dealkylation sites (tertiary alicyclic amines) is 1. The van der Waals surface area contributed by atoms with Crippen molar-refractivity contribution in [2.45, 2.75) is 102 Å². The Morgan fingerprint density at radius 1 is 0.857 bits per heavy atom. The fourth-order valence-electron chi connectivity index (χ4n) is 6.28. The second kappa shape index (κ2) is 14.4. The standard InChI is InChI=1S/C33H42FN5O3/c34-24-16-12-18-25-31(24)38-32(36-25)26-17-10-5-3-1-2-4-6-11-20-29(40)35-27(33(42)37-26)22-30(41)39-21-13-19-28(39)23-14-8-7-9-15-23/h7-9,12,14-16,18,26-28H,1-6,10-11,13,17,19-22H2,(H,35,40)(H,36,38)(H,37,42)/t26-,27-,28+/m0/s1. The van der Waals surface area contributed by atoms with Crippen LogP contribution >= 0.6 is 0 Å². The number of para-hydroxylation sites is 1. The summed E-state index contributed by atoms with van der Waals surface area (Å²) in [6.45, 7) is 0.619. The number of fused-ring (bicyclic) bond motifs is 1. The highest BCUT2D eigenvalue weighted by atomic mass is 19.1. The van der Waals surface area contributed by atoms with Gasteiger partial charge in [0.1, 0.15) is 17.4 Å². The number of halogens is 1. The van der Waals surface area contributed by atoms with Gasteiger partial charge in [0.05, 0.1) is 24.0 Å². The van der Waals surface area contributed by atoms with Crippen LogP contribution in [0.15, 0.2) is 48.5 Å². The van der Waals surface area contributed by atoms with E-state index in [2.05, 4.69) is 20.6 Å². The van der Waals surface area contributed by atoms with E-state index in [-0.39, 0.29) is 29.8 Å². The number of amides is 3. The first-order chi connectivity index (χ1) is 20.5. The van der Waals surface area contributed by atoms with E-state index in [4.69, 9.17) is 0 Å². The van der Waals surface area contributed by atoms with Crippen molar-refractivity contribution < 1.29 is 18.8 Å². The number of hydrogen-bond donors (Lipinski definition) is 3. The molecule has 9 heteroatoms. The van der Waals surface area contributed by atoms with Crippen LogP contribution in [0, 0.1) is 5.82 Å². The zero-order valence-corrected chi connectivity index (χ0v) is 24.2. The molecule has 224 valence electrons. The topological polar surface area (TPSA) is 107 Å². The molecule has 2 aromatic carbocycles. The number of carbonyl (C=O) groups excluding carboxylic acids is 3. The molecule has 2 fully saturated rings. The fraction of sp³-hybridized carbons (Fsp3) is 0.515. The molecule has 1 aromatic heterocycles. The van der Waals surface area contributed by atoms with E-state index in [0.717, 1.165) is 69.8 Å². The second-order valence-electron chi connectivity index (χ2n) is 11.7. The van der Waals surface area contributed by atoms with Crippen molar-refractivity contribution in [2.75, 3.05) is 6.54 Å². The third-order valence-corrected chi connectivity index (χ3v) is 8.56. The highest BCUT2D eigenvalue weighted by Crippen LogP contribution is 2.32. The van der Waals surface area contributed by atoms with Gasteiger partial charge in [0.15, 0.2) is 5.82 Å². The van der Waals surface area contributed by atoms with E-state index in [1.54, 1.807) is 12.1 Å². The fourth-order valence-corrected chi connectivity index (χ4v) is 6.28. The van der Waals surface area contributed by atoms with Crippen LogP contribution in [0.5, 0.6) is 0 Å². The van der Waals surface area contributed by atoms with Crippen LogP contribution < -0.4 is 10.6 Å². The molecule has 8 nitrogen and oxygen atoms in total. The van der Waals surface area contributed by atoms with Gasteiger partial charge in [0, 0.05) is 13.0 Å². The predicted octanol–water partition coefficient (Wildman–Crippen LogP) is 6.01. The van der Waals surface area contributed by atoms with Gasteiger partial charge in [-0.05, 0) is 43.4 Å². The SMILES string of the molecule is O=C1CCCCCCCCCC[C@@H](c2nc3c(F)cccc3[nH]2)NC(=O)[C@H](CC(=O)N2CCC[C@@H]2c2ccccc2)N1. The Balaban J connectivity index is 1.37. The zero-order valence-electron chi connectivity index (χ0n) is 24.2. The molecule has 0 bridgehead atoms. The molecule has 2 aliphatic rings. The zero-order chi connectivity index (χ0) is 29.3. The van der Waals surface area contributed by atoms with Gasteiger partial charge in [0.2, 0.25) is 17.7 Å². The normalized spacial score (nSPS) is 23.5. The van der Waals surface area contributed by atoms with Gasteiger partial charge in [-0.15, -0.1) is 0 Å². The molecule has 0 unspecified atom stereocenters. The molecule has 3 aromatic rings. The Morgan fingerprint density at radius 2 is 1.60 bits per heavy atom. The molecule has 42 heavy (non-hydrogen) atoms. The number of hydrogen-bond acceptors (Lipinski definition) is 4. The molecule has 3 amide bonds. The van der Waals surface area contributed by atoms with Crippen LogP contribution in [-0.4, -0.2) is 45.2 Å². The van der Waals surface area contributed by atoms with Crippen molar-refractivity contribution in [3.63, 3.8) is 0 Å². The highest BCUT2D eigenvalue weighted by Gasteiger charge is 2.34. The van der Waals surface area contributed by atoms with Gasteiger partial charge in [0.25, 0.3) is 0 Å². The van der Waals surface area contributed by atoms with Crippen molar-refractivity contribution >= 4 is 28.8 Å². The maximum absolute atomic E-state index is 14.5. The Bertz CT molecular complexity index is 1360.